The Hall–Kier alpha value is -2.63. The largest absolute Gasteiger partial charge is 0.370 e. The van der Waals surface area contributed by atoms with Gasteiger partial charge < -0.3 is 9.80 Å². The van der Waals surface area contributed by atoms with Crippen molar-refractivity contribution in [2.75, 3.05) is 25.0 Å². The number of anilines is 1. The summed E-state index contributed by atoms with van der Waals surface area (Å²) < 4.78 is 0. The van der Waals surface area contributed by atoms with Crippen LogP contribution in [0.5, 0.6) is 0 Å². The van der Waals surface area contributed by atoms with Gasteiger partial charge in [0.1, 0.15) is 0 Å². The number of hydrogen-bond acceptors (Lipinski definition) is 4. The lowest BCUT2D eigenvalue weighted by molar-refractivity contribution is -0.135. The van der Waals surface area contributed by atoms with Gasteiger partial charge in [0.15, 0.2) is 0 Å². The first-order chi connectivity index (χ1) is 11.6. The van der Waals surface area contributed by atoms with Crippen LogP contribution in [0.25, 0.3) is 0 Å². The lowest BCUT2D eigenvalue weighted by Crippen LogP contribution is -2.41. The van der Waals surface area contributed by atoms with Gasteiger partial charge in [0.05, 0.1) is 11.9 Å². The van der Waals surface area contributed by atoms with Gasteiger partial charge in [-0.1, -0.05) is 30.3 Å². The molecule has 1 fully saturated rings. The summed E-state index contributed by atoms with van der Waals surface area (Å²) in [7, 11) is 1.86. The second kappa shape index (κ2) is 7.29. The van der Waals surface area contributed by atoms with E-state index in [-0.39, 0.29) is 17.4 Å². The number of aromatic amines is 1. The molecule has 6 nitrogen and oxygen atoms in total. The highest BCUT2D eigenvalue weighted by Crippen LogP contribution is 2.23. The van der Waals surface area contributed by atoms with Crippen molar-refractivity contribution in [1.29, 1.82) is 0 Å². The Morgan fingerprint density at radius 3 is 2.67 bits per heavy atom. The smallest absolute Gasteiger partial charge is 0.266 e. The number of amides is 1. The van der Waals surface area contributed by atoms with Gasteiger partial charge in [-0.2, -0.15) is 5.10 Å². The molecule has 24 heavy (non-hydrogen) atoms. The Labute approximate surface area is 141 Å². The third kappa shape index (κ3) is 3.82. The maximum atomic E-state index is 12.6. The Bertz CT molecular complexity index is 736. The molecule has 2 aromatic rings. The van der Waals surface area contributed by atoms with Gasteiger partial charge in [0.2, 0.25) is 5.91 Å². The number of piperidine rings is 1. The summed E-state index contributed by atoms with van der Waals surface area (Å²) in [5.41, 5.74) is 1.76. The first-order valence-electron chi connectivity index (χ1n) is 8.22. The Kier molecular flexibility index (Phi) is 4.93. The highest BCUT2D eigenvalue weighted by molar-refractivity contribution is 5.79. The number of nitrogens with one attached hydrogen (secondary N) is 1. The van der Waals surface area contributed by atoms with Crippen LogP contribution >= 0.6 is 0 Å². The summed E-state index contributed by atoms with van der Waals surface area (Å²) in [6.07, 6.45) is 3.25. The highest BCUT2D eigenvalue weighted by Gasteiger charge is 2.27. The van der Waals surface area contributed by atoms with Crippen LogP contribution in [0, 0.1) is 5.92 Å². The average molecular weight is 326 g/mol. The molecule has 0 radical (unpaired) electrons. The van der Waals surface area contributed by atoms with E-state index < -0.39 is 0 Å². The van der Waals surface area contributed by atoms with Crippen LogP contribution in [0.2, 0.25) is 0 Å². The van der Waals surface area contributed by atoms with Crippen molar-refractivity contribution in [2.45, 2.75) is 19.4 Å². The number of carbonyl (C=O) groups excluding carboxylic acids is 1. The Morgan fingerprint density at radius 2 is 2.00 bits per heavy atom. The van der Waals surface area contributed by atoms with Gasteiger partial charge in [0.25, 0.3) is 5.56 Å². The minimum Gasteiger partial charge on any atom is -0.370 e. The van der Waals surface area contributed by atoms with Crippen molar-refractivity contribution >= 4 is 11.6 Å². The molecule has 0 saturated carbocycles. The molecule has 0 atom stereocenters. The molecule has 1 aromatic carbocycles. The molecule has 0 spiro atoms. The number of aromatic nitrogens is 2. The molecule has 0 bridgehead atoms. The molecule has 1 aliphatic heterocycles. The zero-order valence-corrected chi connectivity index (χ0v) is 13.8. The summed E-state index contributed by atoms with van der Waals surface area (Å²) in [5.74, 6) is 0.243. The minimum absolute atomic E-state index is 0.0462. The predicted octanol–water partition coefficient (Wildman–Crippen LogP) is 1.64. The summed E-state index contributed by atoms with van der Waals surface area (Å²) >= 11 is 0. The third-order valence-corrected chi connectivity index (χ3v) is 4.50. The molecule has 6 heteroatoms. The van der Waals surface area contributed by atoms with E-state index in [1.165, 1.54) is 0 Å². The van der Waals surface area contributed by atoms with E-state index >= 15 is 0 Å². The zero-order chi connectivity index (χ0) is 16.9. The van der Waals surface area contributed by atoms with E-state index in [0.29, 0.717) is 6.54 Å². The molecular weight excluding hydrogens is 304 g/mol. The topological polar surface area (TPSA) is 69.3 Å². The number of carbonyl (C=O) groups is 1. The molecule has 126 valence electrons. The van der Waals surface area contributed by atoms with Crippen LogP contribution in [0.4, 0.5) is 5.69 Å². The van der Waals surface area contributed by atoms with Crippen LogP contribution in [0.3, 0.4) is 0 Å². The van der Waals surface area contributed by atoms with Crippen molar-refractivity contribution in [3.05, 3.63) is 58.5 Å². The van der Waals surface area contributed by atoms with E-state index in [0.717, 1.165) is 37.2 Å². The van der Waals surface area contributed by atoms with Crippen molar-refractivity contribution < 1.29 is 4.79 Å². The molecule has 1 saturated heterocycles. The molecular formula is C18H22N4O2. The maximum absolute atomic E-state index is 12.6. The summed E-state index contributed by atoms with van der Waals surface area (Å²) in [4.78, 5) is 27.9. The van der Waals surface area contributed by atoms with Gasteiger partial charge in [0, 0.05) is 38.7 Å². The van der Waals surface area contributed by atoms with E-state index in [1.54, 1.807) is 12.3 Å². The molecule has 0 aliphatic carbocycles. The SMILES string of the molecule is CN(Cc1ccccc1)C(=O)C1CCN(c2cn[nH]c(=O)c2)CC1. The normalized spacial score (nSPS) is 15.3. The fraction of sp³-hybridized carbons (Fsp3) is 0.389. The summed E-state index contributed by atoms with van der Waals surface area (Å²) in [6.45, 7) is 2.17. The number of H-pyrrole nitrogens is 1. The summed E-state index contributed by atoms with van der Waals surface area (Å²) in [6, 6.07) is 11.6. The first kappa shape index (κ1) is 16.2. The lowest BCUT2D eigenvalue weighted by atomic mass is 9.95. The molecule has 1 aromatic heterocycles. The lowest BCUT2D eigenvalue weighted by Gasteiger charge is -2.34. The number of nitrogens with zero attached hydrogens (tertiary/aromatic N) is 3. The van der Waals surface area contributed by atoms with E-state index in [4.69, 9.17) is 0 Å². The van der Waals surface area contributed by atoms with E-state index in [9.17, 15) is 9.59 Å². The molecule has 3 rings (SSSR count). The average Bonchev–Trinajstić information content (AvgIpc) is 2.62. The molecule has 1 aliphatic rings. The van der Waals surface area contributed by atoms with Gasteiger partial charge in [-0.25, -0.2) is 5.10 Å². The molecule has 1 N–H and O–H groups in total. The predicted molar refractivity (Wildman–Crippen MR) is 92.7 cm³/mol. The van der Waals surface area contributed by atoms with Gasteiger partial charge in [-0.3, -0.25) is 9.59 Å². The third-order valence-electron chi connectivity index (χ3n) is 4.50. The number of rotatable bonds is 4. The van der Waals surface area contributed by atoms with Gasteiger partial charge in [-0.05, 0) is 18.4 Å². The molecule has 2 heterocycles. The minimum atomic E-state index is -0.201. The second-order valence-corrected chi connectivity index (χ2v) is 6.24. The van der Waals surface area contributed by atoms with Crippen molar-refractivity contribution in [3.8, 4) is 0 Å². The highest BCUT2D eigenvalue weighted by atomic mass is 16.2. The maximum Gasteiger partial charge on any atom is 0.266 e. The van der Waals surface area contributed by atoms with Crippen molar-refractivity contribution in [2.24, 2.45) is 5.92 Å². The van der Waals surface area contributed by atoms with Crippen LogP contribution in [-0.4, -0.2) is 41.1 Å². The molecule has 1 amide bonds. The fourth-order valence-electron chi connectivity index (χ4n) is 3.17. The first-order valence-corrected chi connectivity index (χ1v) is 8.22. The second-order valence-electron chi connectivity index (χ2n) is 6.24. The fourth-order valence-corrected chi connectivity index (χ4v) is 3.17. The van der Waals surface area contributed by atoms with Crippen LogP contribution in [0.15, 0.2) is 47.4 Å². The van der Waals surface area contributed by atoms with E-state index in [2.05, 4.69) is 15.1 Å². The van der Waals surface area contributed by atoms with Crippen LogP contribution in [0.1, 0.15) is 18.4 Å². The van der Waals surface area contributed by atoms with Crippen LogP contribution in [-0.2, 0) is 11.3 Å². The Morgan fingerprint density at radius 1 is 1.29 bits per heavy atom. The zero-order valence-electron chi connectivity index (χ0n) is 13.8. The standard InChI is InChI=1S/C18H22N4O2/c1-21(13-14-5-3-2-4-6-14)18(24)15-7-9-22(10-8-15)16-11-17(23)20-19-12-16/h2-6,11-12,15H,7-10,13H2,1H3,(H,20,23). The van der Waals surface area contributed by atoms with Gasteiger partial charge in [-0.15, -0.1) is 0 Å². The van der Waals surface area contributed by atoms with E-state index in [1.807, 2.05) is 42.3 Å². The number of hydrogen-bond donors (Lipinski definition) is 1. The Balaban J connectivity index is 1.56. The van der Waals surface area contributed by atoms with Crippen LogP contribution < -0.4 is 10.5 Å². The summed E-state index contributed by atoms with van der Waals surface area (Å²) in [5, 5.41) is 6.22. The quantitative estimate of drug-likeness (QED) is 0.927. The monoisotopic (exact) mass is 326 g/mol. The van der Waals surface area contributed by atoms with Crippen molar-refractivity contribution in [1.82, 2.24) is 15.1 Å². The van der Waals surface area contributed by atoms with Gasteiger partial charge >= 0.3 is 0 Å². The molecule has 0 unspecified atom stereocenters. The van der Waals surface area contributed by atoms with Crippen molar-refractivity contribution in [3.63, 3.8) is 0 Å². The number of benzene rings is 1.